The normalized spacial score (nSPS) is 19.1. The molecule has 0 saturated carbocycles. The van der Waals surface area contributed by atoms with Crippen LogP contribution in [0.5, 0.6) is 0 Å². The molecule has 0 radical (unpaired) electrons. The Morgan fingerprint density at radius 1 is 1.19 bits per heavy atom. The summed E-state index contributed by atoms with van der Waals surface area (Å²) in [6.07, 6.45) is 3.91. The molecule has 6 heteroatoms. The molecular formula is C20H21N3O3. The quantitative estimate of drug-likeness (QED) is 0.917. The first-order chi connectivity index (χ1) is 12.6. The Labute approximate surface area is 151 Å². The number of benzene rings is 1. The van der Waals surface area contributed by atoms with E-state index in [9.17, 15) is 14.4 Å². The fourth-order valence-corrected chi connectivity index (χ4v) is 3.92. The van der Waals surface area contributed by atoms with Crippen molar-refractivity contribution in [1.29, 1.82) is 0 Å². The average Bonchev–Trinajstić information content (AvgIpc) is 3.23. The van der Waals surface area contributed by atoms with Crippen LogP contribution < -0.4 is 10.5 Å². The van der Waals surface area contributed by atoms with Gasteiger partial charge in [-0.05, 0) is 30.5 Å². The maximum atomic E-state index is 12.9. The van der Waals surface area contributed by atoms with Crippen LogP contribution in [-0.4, -0.2) is 41.3 Å². The van der Waals surface area contributed by atoms with Crippen LogP contribution in [0.1, 0.15) is 41.1 Å². The summed E-state index contributed by atoms with van der Waals surface area (Å²) < 4.78 is 0. The Kier molecular flexibility index (Phi) is 4.32. The van der Waals surface area contributed by atoms with Gasteiger partial charge in [-0.2, -0.15) is 0 Å². The summed E-state index contributed by atoms with van der Waals surface area (Å²) in [5.74, 6) is 0.265. The molecule has 1 fully saturated rings. The Morgan fingerprint density at radius 2 is 2.04 bits per heavy atom. The van der Waals surface area contributed by atoms with Crippen molar-refractivity contribution < 1.29 is 9.59 Å². The summed E-state index contributed by atoms with van der Waals surface area (Å²) >= 11 is 0. The van der Waals surface area contributed by atoms with Crippen LogP contribution in [0.15, 0.2) is 47.4 Å². The van der Waals surface area contributed by atoms with E-state index < -0.39 is 0 Å². The zero-order chi connectivity index (χ0) is 18.1. The number of hydrogen-bond acceptors (Lipinski definition) is 3. The molecule has 1 atom stereocenters. The van der Waals surface area contributed by atoms with E-state index in [1.807, 2.05) is 23.1 Å². The number of H-pyrrole nitrogens is 1. The number of amides is 2. The van der Waals surface area contributed by atoms with Crippen LogP contribution in [0.3, 0.4) is 0 Å². The largest absolute Gasteiger partial charge is 0.343 e. The van der Waals surface area contributed by atoms with Crippen LogP contribution in [0, 0.1) is 0 Å². The van der Waals surface area contributed by atoms with E-state index in [1.54, 1.807) is 11.0 Å². The highest BCUT2D eigenvalue weighted by molar-refractivity contribution is 6.07. The third kappa shape index (κ3) is 3.03. The SMILES string of the molecule is O=C1CCCN1CCC1CN(C(=O)c2cc[nH]c(=O)c2)c2ccccc21. The topological polar surface area (TPSA) is 73.5 Å². The summed E-state index contributed by atoms with van der Waals surface area (Å²) in [4.78, 5) is 42.5. The third-order valence-electron chi connectivity index (χ3n) is 5.26. The van der Waals surface area contributed by atoms with Gasteiger partial charge in [-0.3, -0.25) is 14.4 Å². The third-order valence-corrected chi connectivity index (χ3v) is 5.26. The Balaban J connectivity index is 1.55. The number of carbonyl (C=O) groups is 2. The second-order valence-electron chi connectivity index (χ2n) is 6.89. The minimum absolute atomic E-state index is 0.164. The van der Waals surface area contributed by atoms with Crippen LogP contribution in [0.25, 0.3) is 0 Å². The molecule has 1 aromatic heterocycles. The van der Waals surface area contributed by atoms with Crippen molar-refractivity contribution >= 4 is 17.5 Å². The van der Waals surface area contributed by atoms with E-state index in [2.05, 4.69) is 11.1 Å². The molecule has 1 unspecified atom stereocenters. The molecule has 0 bridgehead atoms. The summed E-state index contributed by atoms with van der Waals surface area (Å²) in [7, 11) is 0. The molecule has 6 nitrogen and oxygen atoms in total. The highest BCUT2D eigenvalue weighted by Crippen LogP contribution is 2.38. The number of likely N-dealkylation sites (tertiary alicyclic amines) is 1. The molecule has 2 amide bonds. The zero-order valence-corrected chi connectivity index (χ0v) is 14.5. The lowest BCUT2D eigenvalue weighted by Crippen LogP contribution is -2.32. The van der Waals surface area contributed by atoms with Crippen LogP contribution >= 0.6 is 0 Å². The number of hydrogen-bond donors (Lipinski definition) is 1. The monoisotopic (exact) mass is 351 g/mol. The molecule has 3 heterocycles. The van der Waals surface area contributed by atoms with Gasteiger partial charge in [0.1, 0.15) is 0 Å². The van der Waals surface area contributed by atoms with Gasteiger partial charge in [0.2, 0.25) is 11.5 Å². The van der Waals surface area contributed by atoms with Crippen molar-refractivity contribution in [2.75, 3.05) is 24.5 Å². The minimum Gasteiger partial charge on any atom is -0.343 e. The second-order valence-corrected chi connectivity index (χ2v) is 6.89. The number of para-hydroxylation sites is 1. The molecule has 1 N–H and O–H groups in total. The Morgan fingerprint density at radius 3 is 2.81 bits per heavy atom. The van der Waals surface area contributed by atoms with Gasteiger partial charge in [0.15, 0.2) is 0 Å². The number of rotatable bonds is 4. The van der Waals surface area contributed by atoms with E-state index in [0.29, 0.717) is 18.5 Å². The minimum atomic E-state index is -0.285. The number of anilines is 1. The van der Waals surface area contributed by atoms with Gasteiger partial charge >= 0.3 is 0 Å². The smallest absolute Gasteiger partial charge is 0.258 e. The molecule has 26 heavy (non-hydrogen) atoms. The molecule has 134 valence electrons. The summed E-state index contributed by atoms with van der Waals surface area (Å²) in [6, 6.07) is 10.9. The van der Waals surface area contributed by atoms with Gasteiger partial charge in [0.05, 0.1) is 0 Å². The van der Waals surface area contributed by atoms with Gasteiger partial charge in [-0.25, -0.2) is 0 Å². The number of fused-ring (bicyclic) bond motifs is 1. The lowest BCUT2D eigenvalue weighted by atomic mass is 9.98. The predicted octanol–water partition coefficient (Wildman–Crippen LogP) is 2.13. The maximum Gasteiger partial charge on any atom is 0.258 e. The number of nitrogens with one attached hydrogen (secondary N) is 1. The van der Waals surface area contributed by atoms with Crippen molar-refractivity contribution in [3.8, 4) is 0 Å². The van der Waals surface area contributed by atoms with Gasteiger partial charge in [-0.1, -0.05) is 18.2 Å². The maximum absolute atomic E-state index is 12.9. The van der Waals surface area contributed by atoms with Crippen molar-refractivity contribution in [2.45, 2.75) is 25.2 Å². The van der Waals surface area contributed by atoms with Gasteiger partial charge < -0.3 is 14.8 Å². The first kappa shape index (κ1) is 16.6. The Bertz CT molecular complexity index is 905. The summed E-state index contributed by atoms with van der Waals surface area (Å²) in [5, 5.41) is 0. The van der Waals surface area contributed by atoms with E-state index in [1.165, 1.54) is 12.3 Å². The van der Waals surface area contributed by atoms with Crippen LogP contribution in [0.2, 0.25) is 0 Å². The highest BCUT2D eigenvalue weighted by atomic mass is 16.2. The molecule has 2 aliphatic rings. The van der Waals surface area contributed by atoms with Gasteiger partial charge in [0, 0.05) is 55.5 Å². The van der Waals surface area contributed by atoms with Crippen molar-refractivity contribution in [1.82, 2.24) is 9.88 Å². The van der Waals surface area contributed by atoms with Gasteiger partial charge in [-0.15, -0.1) is 0 Å². The summed E-state index contributed by atoms with van der Waals surface area (Å²) in [6.45, 7) is 2.14. The first-order valence-electron chi connectivity index (χ1n) is 9.01. The molecule has 1 aromatic carbocycles. The molecule has 0 aliphatic carbocycles. The molecule has 4 rings (SSSR count). The van der Waals surface area contributed by atoms with Crippen molar-refractivity contribution in [3.05, 3.63) is 64.1 Å². The molecule has 0 spiro atoms. The van der Waals surface area contributed by atoms with Crippen molar-refractivity contribution in [3.63, 3.8) is 0 Å². The molecular weight excluding hydrogens is 330 g/mol. The molecule has 1 saturated heterocycles. The standard InChI is InChI=1S/C20H21N3O3/c24-18-12-14(7-9-21-18)20(26)23-13-15(16-4-1-2-5-17(16)23)8-11-22-10-3-6-19(22)25/h1-2,4-5,7,9,12,15H,3,6,8,10-11,13H2,(H,21,24). The van der Waals surface area contributed by atoms with E-state index in [-0.39, 0.29) is 23.3 Å². The van der Waals surface area contributed by atoms with Crippen LogP contribution in [-0.2, 0) is 4.79 Å². The zero-order valence-electron chi connectivity index (χ0n) is 14.5. The van der Waals surface area contributed by atoms with Crippen molar-refractivity contribution in [2.24, 2.45) is 0 Å². The fraction of sp³-hybridized carbons (Fsp3) is 0.350. The van der Waals surface area contributed by atoms with Gasteiger partial charge in [0.25, 0.3) is 5.91 Å². The number of nitrogens with zero attached hydrogens (tertiary/aromatic N) is 2. The average molecular weight is 351 g/mol. The first-order valence-corrected chi connectivity index (χ1v) is 9.01. The number of aromatic nitrogens is 1. The number of pyridine rings is 1. The van der Waals surface area contributed by atoms with E-state index in [4.69, 9.17) is 0 Å². The number of carbonyl (C=O) groups excluding carboxylic acids is 2. The summed E-state index contributed by atoms with van der Waals surface area (Å²) in [5.41, 5.74) is 2.14. The van der Waals surface area contributed by atoms with E-state index in [0.717, 1.165) is 37.2 Å². The second kappa shape index (κ2) is 6.78. The van der Waals surface area contributed by atoms with Crippen LogP contribution in [0.4, 0.5) is 5.69 Å². The predicted molar refractivity (Wildman–Crippen MR) is 98.4 cm³/mol. The lowest BCUT2D eigenvalue weighted by Gasteiger charge is -2.20. The molecule has 2 aliphatic heterocycles. The number of aromatic amines is 1. The van der Waals surface area contributed by atoms with E-state index >= 15 is 0 Å². The molecule has 2 aromatic rings. The fourth-order valence-electron chi connectivity index (χ4n) is 3.92. The Hall–Kier alpha value is -2.89. The lowest BCUT2D eigenvalue weighted by molar-refractivity contribution is -0.127. The highest BCUT2D eigenvalue weighted by Gasteiger charge is 2.33.